The van der Waals surface area contributed by atoms with Gasteiger partial charge in [0.15, 0.2) is 0 Å². The molecule has 122 valence electrons. The van der Waals surface area contributed by atoms with Gasteiger partial charge in [0, 0.05) is 6.54 Å². The molecule has 2 N–H and O–H groups in total. The van der Waals surface area contributed by atoms with E-state index >= 15 is 0 Å². The summed E-state index contributed by atoms with van der Waals surface area (Å²) in [5, 5.41) is 15.4. The van der Waals surface area contributed by atoms with Gasteiger partial charge in [-0.25, -0.2) is 0 Å². The van der Waals surface area contributed by atoms with E-state index in [1.807, 2.05) is 73.7 Å². The minimum atomic E-state index is -0.712. The molecule has 1 atom stereocenters. The minimum absolute atomic E-state index is 0.0829. The van der Waals surface area contributed by atoms with Crippen LogP contribution in [0.3, 0.4) is 0 Å². The molecule has 3 aromatic carbocycles. The van der Waals surface area contributed by atoms with Crippen LogP contribution in [0.1, 0.15) is 22.8 Å². The van der Waals surface area contributed by atoms with Crippen molar-refractivity contribution in [1.82, 2.24) is 5.32 Å². The van der Waals surface area contributed by atoms with Gasteiger partial charge in [-0.1, -0.05) is 66.2 Å². The van der Waals surface area contributed by atoms with Crippen LogP contribution in [-0.2, 0) is 11.2 Å². The summed E-state index contributed by atoms with van der Waals surface area (Å²) in [4.78, 5) is 12.0. The fourth-order valence-corrected chi connectivity index (χ4v) is 2.81. The Balaban J connectivity index is 1.59. The number of fused-ring (bicyclic) bond motifs is 1. The van der Waals surface area contributed by atoms with Crippen molar-refractivity contribution >= 4 is 16.7 Å². The molecule has 0 saturated carbocycles. The molecule has 0 aliphatic carbocycles. The van der Waals surface area contributed by atoms with Gasteiger partial charge in [0.05, 0.1) is 12.5 Å². The molecular weight excluding hydrogens is 298 g/mol. The van der Waals surface area contributed by atoms with Crippen LogP contribution in [0.4, 0.5) is 0 Å². The fourth-order valence-electron chi connectivity index (χ4n) is 2.81. The Bertz CT molecular complexity index is 857. The maximum atomic E-state index is 12.0. The smallest absolute Gasteiger partial charge is 0.224 e. The Kier molecular flexibility index (Phi) is 4.92. The Morgan fingerprint density at radius 2 is 1.79 bits per heavy atom. The molecule has 3 nitrogen and oxygen atoms in total. The number of aliphatic hydroxyl groups is 1. The molecule has 3 rings (SSSR count). The van der Waals surface area contributed by atoms with E-state index in [2.05, 4.69) is 5.32 Å². The average molecular weight is 319 g/mol. The van der Waals surface area contributed by atoms with Crippen molar-refractivity contribution in [2.45, 2.75) is 19.4 Å². The van der Waals surface area contributed by atoms with E-state index < -0.39 is 6.10 Å². The first-order valence-electron chi connectivity index (χ1n) is 8.11. The zero-order chi connectivity index (χ0) is 16.9. The molecule has 0 aliphatic rings. The number of carbonyl (C=O) groups is 1. The van der Waals surface area contributed by atoms with Gasteiger partial charge in [-0.05, 0) is 34.9 Å². The molecule has 0 aliphatic heterocycles. The Morgan fingerprint density at radius 3 is 2.58 bits per heavy atom. The third kappa shape index (κ3) is 4.00. The second kappa shape index (κ2) is 7.28. The van der Waals surface area contributed by atoms with Gasteiger partial charge >= 0.3 is 0 Å². The second-order valence-corrected chi connectivity index (χ2v) is 6.09. The van der Waals surface area contributed by atoms with E-state index in [1.165, 1.54) is 0 Å². The summed E-state index contributed by atoms with van der Waals surface area (Å²) < 4.78 is 0. The molecule has 0 saturated heterocycles. The summed E-state index contributed by atoms with van der Waals surface area (Å²) in [7, 11) is 0. The standard InChI is InChI=1S/C21H21NO2/c1-15-5-4-6-16(11-15)12-21(24)22-14-20(23)19-10-9-17-7-2-3-8-18(17)13-19/h2-11,13,20,23H,12,14H2,1H3,(H,22,24). The zero-order valence-electron chi connectivity index (χ0n) is 13.7. The molecule has 1 unspecified atom stereocenters. The molecule has 0 bridgehead atoms. The van der Waals surface area contributed by atoms with Crippen LogP contribution in [0.5, 0.6) is 0 Å². The molecule has 0 fully saturated rings. The van der Waals surface area contributed by atoms with E-state index in [0.717, 1.165) is 27.5 Å². The van der Waals surface area contributed by atoms with Crippen LogP contribution in [0.2, 0.25) is 0 Å². The number of nitrogens with one attached hydrogen (secondary N) is 1. The van der Waals surface area contributed by atoms with Crippen molar-refractivity contribution in [3.05, 3.63) is 83.4 Å². The minimum Gasteiger partial charge on any atom is -0.387 e. The van der Waals surface area contributed by atoms with Crippen LogP contribution in [0, 0.1) is 6.92 Å². The lowest BCUT2D eigenvalue weighted by Gasteiger charge is -2.13. The zero-order valence-corrected chi connectivity index (χ0v) is 13.7. The van der Waals surface area contributed by atoms with Gasteiger partial charge in [-0.2, -0.15) is 0 Å². The van der Waals surface area contributed by atoms with Crippen molar-refractivity contribution in [3.63, 3.8) is 0 Å². The quantitative estimate of drug-likeness (QED) is 0.756. The Morgan fingerprint density at radius 1 is 1.00 bits per heavy atom. The first-order chi connectivity index (χ1) is 11.6. The largest absolute Gasteiger partial charge is 0.387 e. The van der Waals surface area contributed by atoms with E-state index in [-0.39, 0.29) is 12.5 Å². The van der Waals surface area contributed by atoms with E-state index in [0.29, 0.717) is 6.42 Å². The maximum absolute atomic E-state index is 12.0. The number of carbonyl (C=O) groups excluding carboxylic acids is 1. The molecule has 3 heteroatoms. The highest BCUT2D eigenvalue weighted by molar-refractivity contribution is 5.83. The normalized spacial score (nSPS) is 12.1. The number of hydrogen-bond acceptors (Lipinski definition) is 2. The summed E-state index contributed by atoms with van der Waals surface area (Å²) in [6, 6.07) is 21.8. The SMILES string of the molecule is Cc1cccc(CC(=O)NCC(O)c2ccc3ccccc3c2)c1. The first-order valence-corrected chi connectivity index (χ1v) is 8.11. The molecule has 1 amide bonds. The third-order valence-electron chi connectivity index (χ3n) is 4.10. The molecular formula is C21H21NO2. The first kappa shape index (κ1) is 16.2. The van der Waals surface area contributed by atoms with Gasteiger partial charge in [0.1, 0.15) is 0 Å². The van der Waals surface area contributed by atoms with Crippen molar-refractivity contribution in [1.29, 1.82) is 0 Å². The summed E-state index contributed by atoms with van der Waals surface area (Å²) in [5.74, 6) is -0.0829. The molecule has 0 heterocycles. The summed E-state index contributed by atoms with van der Waals surface area (Å²) in [6.45, 7) is 2.22. The number of aryl methyl sites for hydroxylation is 1. The van der Waals surface area contributed by atoms with Crippen molar-refractivity contribution in [2.24, 2.45) is 0 Å². The van der Waals surface area contributed by atoms with Crippen molar-refractivity contribution < 1.29 is 9.90 Å². The monoisotopic (exact) mass is 319 g/mol. The van der Waals surface area contributed by atoms with E-state index in [9.17, 15) is 9.90 Å². The number of amides is 1. The van der Waals surface area contributed by atoms with Gasteiger partial charge in [-0.3, -0.25) is 4.79 Å². The van der Waals surface area contributed by atoms with Crippen LogP contribution in [0.15, 0.2) is 66.7 Å². The summed E-state index contributed by atoms with van der Waals surface area (Å²) in [6.07, 6.45) is -0.386. The highest BCUT2D eigenvalue weighted by Gasteiger charge is 2.10. The predicted molar refractivity (Wildman–Crippen MR) is 96.8 cm³/mol. The van der Waals surface area contributed by atoms with Crippen LogP contribution >= 0.6 is 0 Å². The van der Waals surface area contributed by atoms with Gasteiger partial charge in [0.2, 0.25) is 5.91 Å². The highest BCUT2D eigenvalue weighted by atomic mass is 16.3. The van der Waals surface area contributed by atoms with Gasteiger partial charge < -0.3 is 10.4 Å². The average Bonchev–Trinajstić information content (AvgIpc) is 2.59. The lowest BCUT2D eigenvalue weighted by molar-refractivity contribution is -0.120. The van der Waals surface area contributed by atoms with Crippen molar-refractivity contribution in [2.75, 3.05) is 6.54 Å². The maximum Gasteiger partial charge on any atom is 0.224 e. The predicted octanol–water partition coefficient (Wildman–Crippen LogP) is 3.54. The number of rotatable bonds is 5. The fraction of sp³-hybridized carbons (Fsp3) is 0.190. The molecule has 0 aromatic heterocycles. The van der Waals surface area contributed by atoms with Crippen LogP contribution in [-0.4, -0.2) is 17.6 Å². The van der Waals surface area contributed by atoms with Gasteiger partial charge in [-0.15, -0.1) is 0 Å². The topological polar surface area (TPSA) is 49.3 Å². The summed E-state index contributed by atoms with van der Waals surface area (Å²) in [5.41, 5.74) is 2.92. The second-order valence-electron chi connectivity index (χ2n) is 6.09. The number of benzene rings is 3. The van der Waals surface area contributed by atoms with Gasteiger partial charge in [0.25, 0.3) is 0 Å². The highest BCUT2D eigenvalue weighted by Crippen LogP contribution is 2.20. The third-order valence-corrected chi connectivity index (χ3v) is 4.10. The molecule has 24 heavy (non-hydrogen) atoms. The summed E-state index contributed by atoms with van der Waals surface area (Å²) >= 11 is 0. The Labute approximate surface area is 142 Å². The van der Waals surface area contributed by atoms with Crippen molar-refractivity contribution in [3.8, 4) is 0 Å². The van der Waals surface area contributed by atoms with E-state index in [4.69, 9.17) is 0 Å². The molecule has 0 spiro atoms. The lowest BCUT2D eigenvalue weighted by Crippen LogP contribution is -2.29. The Hall–Kier alpha value is -2.65. The number of aliphatic hydroxyl groups excluding tert-OH is 1. The van der Waals surface area contributed by atoms with E-state index in [1.54, 1.807) is 0 Å². The van der Waals surface area contributed by atoms with Crippen LogP contribution in [0.25, 0.3) is 10.8 Å². The molecule has 3 aromatic rings. The van der Waals surface area contributed by atoms with Crippen LogP contribution < -0.4 is 5.32 Å². The molecule has 0 radical (unpaired) electrons. The lowest BCUT2D eigenvalue weighted by atomic mass is 10.0. The number of hydrogen-bond donors (Lipinski definition) is 2.